The molecule has 0 radical (unpaired) electrons. The Bertz CT molecular complexity index is 2490. The number of benzene rings is 2. The molecule has 4 aromatic rings. The Morgan fingerprint density at radius 1 is 0.400 bits per heavy atom. The molecule has 4 amide bonds. The molecule has 2 aromatic carbocycles. The van der Waals surface area contributed by atoms with Gasteiger partial charge in [0.2, 0.25) is 0 Å². The topological polar surface area (TPSA) is 222 Å². The second-order valence-corrected chi connectivity index (χ2v) is 22.8. The first kappa shape index (κ1) is 63.5. The lowest BCUT2D eigenvalue weighted by Gasteiger charge is -2.35. The van der Waals surface area contributed by atoms with Gasteiger partial charge in [0.25, 0.3) is 23.6 Å². The molecule has 1 aliphatic heterocycles. The summed E-state index contributed by atoms with van der Waals surface area (Å²) in [5.41, 5.74) is 3.07. The van der Waals surface area contributed by atoms with Gasteiger partial charge in [0.1, 0.15) is 24.2 Å². The van der Waals surface area contributed by atoms with Crippen molar-refractivity contribution in [1.82, 2.24) is 39.2 Å². The van der Waals surface area contributed by atoms with Gasteiger partial charge in [-0.25, -0.2) is 19.2 Å². The Morgan fingerprint density at radius 2 is 0.662 bits per heavy atom. The van der Waals surface area contributed by atoms with Gasteiger partial charge in [-0.3, -0.25) is 28.5 Å². The Labute approximate surface area is 471 Å². The zero-order valence-corrected chi connectivity index (χ0v) is 49.1. The molecule has 0 spiro atoms. The highest BCUT2D eigenvalue weighted by Gasteiger charge is 2.43. The van der Waals surface area contributed by atoms with Crippen molar-refractivity contribution in [3.8, 4) is 0 Å². The van der Waals surface area contributed by atoms with Gasteiger partial charge < -0.3 is 38.5 Å². The van der Waals surface area contributed by atoms with E-state index in [9.17, 15) is 38.4 Å². The molecule has 20 heteroatoms. The van der Waals surface area contributed by atoms with Crippen LogP contribution in [-0.4, -0.2) is 163 Å². The summed E-state index contributed by atoms with van der Waals surface area (Å²) in [5, 5.41) is 8.55. The molecule has 0 N–H and O–H groups in total. The molecule has 0 bridgehead atoms. The molecule has 0 saturated carbocycles. The number of amides is 4. The van der Waals surface area contributed by atoms with E-state index in [1.807, 2.05) is 104 Å². The van der Waals surface area contributed by atoms with Crippen molar-refractivity contribution in [2.24, 2.45) is 23.7 Å². The average molecular weight is 1110 g/mol. The first-order valence-corrected chi connectivity index (χ1v) is 27.7. The zero-order chi connectivity index (χ0) is 59.1. The van der Waals surface area contributed by atoms with Gasteiger partial charge in [0.05, 0.1) is 13.1 Å². The van der Waals surface area contributed by atoms with Crippen molar-refractivity contribution in [2.75, 3.05) is 28.2 Å². The van der Waals surface area contributed by atoms with Crippen LogP contribution < -0.4 is 0 Å². The minimum Gasteiger partial charge on any atom is -0.451 e. The van der Waals surface area contributed by atoms with Crippen molar-refractivity contribution in [1.29, 1.82) is 0 Å². The van der Waals surface area contributed by atoms with E-state index in [2.05, 4.69) is 10.2 Å². The third-order valence-corrected chi connectivity index (χ3v) is 14.2. The molecule has 0 unspecified atom stereocenters. The molecule has 80 heavy (non-hydrogen) atoms. The number of ether oxygens (including phenoxy) is 4. The summed E-state index contributed by atoms with van der Waals surface area (Å²) >= 11 is 0. The molecule has 1 fully saturated rings. The third-order valence-electron chi connectivity index (χ3n) is 14.2. The van der Waals surface area contributed by atoms with Crippen LogP contribution in [0.1, 0.15) is 117 Å². The van der Waals surface area contributed by atoms with Crippen LogP contribution in [0.4, 0.5) is 0 Å². The van der Waals surface area contributed by atoms with Crippen LogP contribution in [0.5, 0.6) is 0 Å². The van der Waals surface area contributed by atoms with Gasteiger partial charge >= 0.3 is 23.9 Å². The van der Waals surface area contributed by atoms with E-state index >= 15 is 0 Å². The van der Waals surface area contributed by atoms with E-state index in [4.69, 9.17) is 18.9 Å². The number of likely N-dealkylation sites (N-methyl/N-ethyl adjacent to an activating group) is 4. The maximum absolute atomic E-state index is 15.0. The molecular formula is C60H84N8O12. The molecule has 1 saturated heterocycles. The maximum atomic E-state index is 15.0. The van der Waals surface area contributed by atoms with E-state index in [0.29, 0.717) is 24.2 Å². The lowest BCUT2D eigenvalue weighted by molar-refractivity contribution is -0.176. The number of hydrogen-bond donors (Lipinski definition) is 0. The molecule has 3 heterocycles. The predicted octanol–water partition coefficient (Wildman–Crippen LogP) is 6.15. The van der Waals surface area contributed by atoms with Crippen molar-refractivity contribution in [3.63, 3.8) is 0 Å². The van der Waals surface area contributed by atoms with Crippen LogP contribution in [0.15, 0.2) is 85.5 Å². The molecule has 8 atom stereocenters. The van der Waals surface area contributed by atoms with Crippen LogP contribution in [0.2, 0.25) is 0 Å². The summed E-state index contributed by atoms with van der Waals surface area (Å²) in [5.74, 6) is -7.40. The molecular weight excluding hydrogens is 1020 g/mol. The summed E-state index contributed by atoms with van der Waals surface area (Å²) < 4.78 is 27.7. The SMILES string of the molecule is CC(C)C[C@H]1C(=O)O[C@H](Cc2ccc(Cn3cccn3)cc2)C(=O)N(C)[C@@H](CC(C)C)C(=O)O[C@H](C)C(=O)N(C)[C@@H](CC(C)C)C(=O)O[C@H](Cc2ccc(Cn3cccn3)cc2)C(=O)N(C)[C@@H](CC(C)C)C(=O)O[C@H](C)C(=O)N1C. The van der Waals surface area contributed by atoms with Gasteiger partial charge in [0.15, 0.2) is 24.4 Å². The van der Waals surface area contributed by atoms with Gasteiger partial charge in [0, 0.05) is 65.8 Å². The highest BCUT2D eigenvalue weighted by molar-refractivity contribution is 5.94. The summed E-state index contributed by atoms with van der Waals surface area (Å²) in [7, 11) is 5.57. The van der Waals surface area contributed by atoms with Crippen LogP contribution in [0.25, 0.3) is 0 Å². The summed E-state index contributed by atoms with van der Waals surface area (Å²) in [6, 6.07) is 13.2. The number of cyclic esters (lactones) is 4. The monoisotopic (exact) mass is 1110 g/mol. The maximum Gasteiger partial charge on any atom is 0.329 e. The zero-order valence-electron chi connectivity index (χ0n) is 49.1. The van der Waals surface area contributed by atoms with E-state index < -0.39 is 96.1 Å². The van der Waals surface area contributed by atoms with Gasteiger partial charge in [-0.1, -0.05) is 104 Å². The molecule has 0 aliphatic carbocycles. The number of esters is 4. The van der Waals surface area contributed by atoms with Gasteiger partial charge in [-0.2, -0.15) is 10.2 Å². The first-order valence-electron chi connectivity index (χ1n) is 27.7. The fourth-order valence-corrected chi connectivity index (χ4v) is 9.63. The number of hydrogen-bond acceptors (Lipinski definition) is 14. The molecule has 1 aliphatic rings. The minimum atomic E-state index is -1.53. The molecule has 436 valence electrons. The minimum absolute atomic E-state index is 0.0850. The highest BCUT2D eigenvalue weighted by atomic mass is 16.6. The molecule has 2 aromatic heterocycles. The molecule has 20 nitrogen and oxygen atoms in total. The Hall–Kier alpha value is -7.38. The number of carbonyl (C=O) groups excluding carboxylic acids is 8. The smallest absolute Gasteiger partial charge is 0.329 e. The second kappa shape index (κ2) is 29.2. The van der Waals surface area contributed by atoms with Crippen molar-refractivity contribution < 1.29 is 57.3 Å². The number of aromatic nitrogens is 4. The number of rotatable bonds is 16. The summed E-state index contributed by atoms with van der Waals surface area (Å²) in [6.07, 6.45) is 1.08. The van der Waals surface area contributed by atoms with Crippen molar-refractivity contribution in [2.45, 2.75) is 169 Å². The van der Waals surface area contributed by atoms with Crippen LogP contribution in [-0.2, 0) is 83.2 Å². The van der Waals surface area contributed by atoms with E-state index in [-0.39, 0.29) is 62.2 Å². The third kappa shape index (κ3) is 17.8. The average Bonchev–Trinajstić information content (AvgIpc) is 4.14. The summed E-state index contributed by atoms with van der Waals surface area (Å²) in [4.78, 5) is 122. The van der Waals surface area contributed by atoms with Crippen molar-refractivity contribution in [3.05, 3.63) is 108 Å². The summed E-state index contributed by atoms with van der Waals surface area (Å²) in [6.45, 7) is 18.5. The fraction of sp³-hybridized carbons (Fsp3) is 0.567. The lowest BCUT2D eigenvalue weighted by Crippen LogP contribution is -2.55. The Morgan fingerprint density at radius 3 is 0.925 bits per heavy atom. The van der Waals surface area contributed by atoms with Crippen molar-refractivity contribution >= 4 is 47.5 Å². The highest BCUT2D eigenvalue weighted by Crippen LogP contribution is 2.25. The van der Waals surface area contributed by atoms with Crippen LogP contribution in [0, 0.1) is 23.7 Å². The molecule has 5 rings (SSSR count). The van der Waals surface area contributed by atoms with E-state index in [1.165, 1.54) is 42.0 Å². The number of carbonyl (C=O) groups is 8. The predicted molar refractivity (Wildman–Crippen MR) is 298 cm³/mol. The van der Waals surface area contributed by atoms with E-state index in [0.717, 1.165) is 30.7 Å². The quantitative estimate of drug-likeness (QED) is 0.0907. The normalized spacial score (nSPS) is 23.2. The Balaban J connectivity index is 1.59. The standard InChI is InChI=1S/C60H84N8O12/c1-37(2)29-47-57(73)77-41(9)53(69)63(11)50(32-40(7)8)60(76)80-52(34-44-19-23-46(24-20-44)36-68-28-16-26-62-68)56(72)66(14)48(30-38(3)4)58(74)78-42(10)54(70)64(12)49(31-39(5)6)59(75)79-51(55(71)65(47)13)33-43-17-21-45(22-18-43)35-67-27-15-25-61-67/h15-28,37-42,47-52H,29-36H2,1-14H3/t41-,42-,47+,48+,49+,50+,51-,52-/m1/s1. The first-order chi connectivity index (χ1) is 37.7. The fourth-order valence-electron chi connectivity index (χ4n) is 9.63. The Kier molecular flexibility index (Phi) is 23.2. The second-order valence-electron chi connectivity index (χ2n) is 22.8. The van der Waals surface area contributed by atoms with E-state index in [1.54, 1.807) is 46.0 Å². The largest absolute Gasteiger partial charge is 0.451 e. The van der Waals surface area contributed by atoms with Crippen LogP contribution in [0.3, 0.4) is 0 Å². The van der Waals surface area contributed by atoms with Crippen LogP contribution >= 0.6 is 0 Å². The lowest BCUT2D eigenvalue weighted by atomic mass is 9.99. The van der Waals surface area contributed by atoms with Gasteiger partial charge in [-0.05, 0) is 97.6 Å². The van der Waals surface area contributed by atoms with Gasteiger partial charge in [-0.15, -0.1) is 0 Å². The number of nitrogens with zero attached hydrogens (tertiary/aromatic N) is 8.